The maximum atomic E-state index is 13.0. The molecular formula is C31H42N4O6. The SMILES string of the molecule is C=C(N)Nc1cccc(C(=O)CCC(=O)NCC(NC(=O)c2c(C)cc(OCCCCC(C)C)cc2C)C(=O)O)c1. The number of benzene rings is 2. The lowest BCUT2D eigenvalue weighted by molar-refractivity contribution is -0.139. The van der Waals surface area contributed by atoms with Gasteiger partial charge in [0.1, 0.15) is 11.8 Å². The number of ether oxygens (including phenoxy) is 1. The van der Waals surface area contributed by atoms with Crippen molar-refractivity contribution in [3.8, 4) is 5.75 Å². The first kappa shape index (κ1) is 32.9. The van der Waals surface area contributed by atoms with Gasteiger partial charge in [-0.2, -0.15) is 0 Å². The average Bonchev–Trinajstić information content (AvgIpc) is 2.88. The fourth-order valence-electron chi connectivity index (χ4n) is 4.27. The van der Waals surface area contributed by atoms with Crippen LogP contribution in [0.3, 0.4) is 0 Å². The summed E-state index contributed by atoms with van der Waals surface area (Å²) < 4.78 is 5.85. The van der Waals surface area contributed by atoms with Crippen molar-refractivity contribution in [2.24, 2.45) is 11.7 Å². The van der Waals surface area contributed by atoms with Crippen LogP contribution < -0.4 is 26.4 Å². The van der Waals surface area contributed by atoms with Gasteiger partial charge in [0, 0.05) is 36.2 Å². The van der Waals surface area contributed by atoms with Gasteiger partial charge in [-0.15, -0.1) is 0 Å². The van der Waals surface area contributed by atoms with Crippen LogP contribution in [-0.4, -0.2) is 47.9 Å². The van der Waals surface area contributed by atoms with Crippen LogP contribution in [0.4, 0.5) is 5.69 Å². The summed E-state index contributed by atoms with van der Waals surface area (Å²) in [7, 11) is 0. The van der Waals surface area contributed by atoms with Gasteiger partial charge in [-0.05, 0) is 68.0 Å². The largest absolute Gasteiger partial charge is 0.494 e. The van der Waals surface area contributed by atoms with Crippen LogP contribution in [0.25, 0.3) is 0 Å². The summed E-state index contributed by atoms with van der Waals surface area (Å²) in [5.74, 6) is -1.08. The molecule has 0 radical (unpaired) electrons. The number of hydrogen-bond acceptors (Lipinski definition) is 7. The summed E-state index contributed by atoms with van der Waals surface area (Å²) >= 11 is 0. The number of nitrogens with two attached hydrogens (primary N) is 1. The maximum Gasteiger partial charge on any atom is 0.328 e. The van der Waals surface area contributed by atoms with E-state index in [4.69, 9.17) is 10.5 Å². The number of carbonyl (C=O) groups excluding carboxylic acids is 3. The van der Waals surface area contributed by atoms with Gasteiger partial charge in [0.25, 0.3) is 5.91 Å². The minimum absolute atomic E-state index is 0.0759. The Morgan fingerprint density at radius 3 is 2.32 bits per heavy atom. The third kappa shape index (κ3) is 11.4. The molecule has 2 aromatic carbocycles. The number of aryl methyl sites for hydroxylation is 2. The lowest BCUT2D eigenvalue weighted by Gasteiger charge is -2.18. The van der Waals surface area contributed by atoms with Gasteiger partial charge in [-0.1, -0.05) is 39.0 Å². The fourth-order valence-corrected chi connectivity index (χ4v) is 4.27. The molecule has 1 atom stereocenters. The Labute approximate surface area is 241 Å². The molecule has 0 aromatic heterocycles. The van der Waals surface area contributed by atoms with E-state index in [0.29, 0.717) is 46.2 Å². The number of hydrogen-bond donors (Lipinski definition) is 5. The van der Waals surface area contributed by atoms with Crippen LogP contribution in [0.15, 0.2) is 48.8 Å². The van der Waals surface area contributed by atoms with E-state index in [1.165, 1.54) is 0 Å². The number of ketones is 1. The summed E-state index contributed by atoms with van der Waals surface area (Å²) in [5, 5.41) is 17.4. The highest BCUT2D eigenvalue weighted by molar-refractivity contribution is 6.00. The van der Waals surface area contributed by atoms with Crippen LogP contribution in [0.5, 0.6) is 5.75 Å². The second-order valence-electron chi connectivity index (χ2n) is 10.5. The highest BCUT2D eigenvalue weighted by atomic mass is 16.5. The summed E-state index contributed by atoms with van der Waals surface area (Å²) in [4.78, 5) is 49.7. The van der Waals surface area contributed by atoms with Crippen LogP contribution in [0.2, 0.25) is 0 Å². The number of aliphatic carboxylic acids is 1. The Morgan fingerprint density at radius 2 is 1.71 bits per heavy atom. The Kier molecular flexibility index (Phi) is 12.9. The number of carbonyl (C=O) groups is 4. The lowest BCUT2D eigenvalue weighted by Crippen LogP contribution is -2.48. The van der Waals surface area contributed by atoms with Gasteiger partial charge in [-0.25, -0.2) is 4.79 Å². The molecule has 10 nitrogen and oxygen atoms in total. The van der Waals surface area contributed by atoms with Crippen LogP contribution in [-0.2, 0) is 9.59 Å². The highest BCUT2D eigenvalue weighted by Gasteiger charge is 2.24. The predicted molar refractivity (Wildman–Crippen MR) is 159 cm³/mol. The summed E-state index contributed by atoms with van der Waals surface area (Å²) in [6.45, 7) is 11.7. The fraction of sp³-hybridized carbons (Fsp3) is 0.419. The van der Waals surface area contributed by atoms with Crippen LogP contribution >= 0.6 is 0 Å². The summed E-state index contributed by atoms with van der Waals surface area (Å²) in [6, 6.07) is 8.79. The van der Waals surface area contributed by atoms with Crippen molar-refractivity contribution in [3.05, 3.63) is 71.1 Å². The standard InChI is InChI=1S/C31H42N4O6/c1-19(2)9-6-7-14-41-25-15-20(3)29(21(4)16-25)30(38)35-26(31(39)40)18-33-28(37)13-12-27(36)23-10-8-11-24(17-23)34-22(5)32/h8,10-11,15-17,19,26,34H,5-7,9,12-14,18,32H2,1-4H3,(H,33,37)(H,35,38)(H,39,40). The highest BCUT2D eigenvalue weighted by Crippen LogP contribution is 2.23. The van der Waals surface area contributed by atoms with E-state index in [-0.39, 0.29) is 31.0 Å². The van der Waals surface area contributed by atoms with Gasteiger partial charge in [0.2, 0.25) is 5.91 Å². The summed E-state index contributed by atoms with van der Waals surface area (Å²) in [5.41, 5.74) is 8.18. The molecule has 1 unspecified atom stereocenters. The molecule has 0 aliphatic rings. The van der Waals surface area contributed by atoms with E-state index in [2.05, 4.69) is 36.4 Å². The second-order valence-corrected chi connectivity index (χ2v) is 10.5. The molecule has 0 fully saturated rings. The first-order valence-electron chi connectivity index (χ1n) is 13.8. The predicted octanol–water partition coefficient (Wildman–Crippen LogP) is 4.31. The molecule has 0 saturated carbocycles. The molecule has 2 rings (SSSR count). The quantitative estimate of drug-likeness (QED) is 0.140. The van der Waals surface area contributed by atoms with Gasteiger partial charge < -0.3 is 31.5 Å². The van der Waals surface area contributed by atoms with Crippen molar-refractivity contribution in [2.75, 3.05) is 18.5 Å². The summed E-state index contributed by atoms with van der Waals surface area (Å²) in [6.07, 6.45) is 2.94. The van der Waals surface area contributed by atoms with Crippen molar-refractivity contribution in [3.63, 3.8) is 0 Å². The number of Topliss-reactive ketones (excluding diaryl/α,β-unsaturated/α-hetero) is 1. The molecule has 6 N–H and O–H groups in total. The average molecular weight is 567 g/mol. The zero-order chi connectivity index (χ0) is 30.5. The third-order valence-electron chi connectivity index (χ3n) is 6.35. The molecule has 10 heteroatoms. The van der Waals surface area contributed by atoms with E-state index in [0.717, 1.165) is 19.3 Å². The third-order valence-corrected chi connectivity index (χ3v) is 6.35. The molecule has 41 heavy (non-hydrogen) atoms. The van der Waals surface area contributed by atoms with Crippen LogP contribution in [0, 0.1) is 19.8 Å². The number of amides is 2. The van der Waals surface area contributed by atoms with Gasteiger partial charge in [0.05, 0.1) is 12.4 Å². The van der Waals surface area contributed by atoms with Crippen molar-refractivity contribution in [1.82, 2.24) is 10.6 Å². The Morgan fingerprint density at radius 1 is 1.02 bits per heavy atom. The smallest absolute Gasteiger partial charge is 0.328 e. The normalized spacial score (nSPS) is 11.4. The van der Waals surface area contributed by atoms with E-state index in [1.54, 1.807) is 50.2 Å². The van der Waals surface area contributed by atoms with E-state index in [1.807, 2.05) is 0 Å². The van der Waals surface area contributed by atoms with E-state index >= 15 is 0 Å². The Bertz CT molecular complexity index is 1230. The van der Waals surface area contributed by atoms with Crippen LogP contribution in [0.1, 0.15) is 77.8 Å². The van der Waals surface area contributed by atoms with Crippen molar-refractivity contribution >= 4 is 29.3 Å². The molecule has 0 bridgehead atoms. The van der Waals surface area contributed by atoms with Crippen molar-refractivity contribution < 1.29 is 29.0 Å². The molecule has 2 aromatic rings. The number of anilines is 1. The van der Waals surface area contributed by atoms with Crippen molar-refractivity contribution in [1.29, 1.82) is 0 Å². The molecule has 0 aliphatic carbocycles. The molecule has 0 saturated heterocycles. The molecule has 222 valence electrons. The monoisotopic (exact) mass is 566 g/mol. The van der Waals surface area contributed by atoms with E-state index in [9.17, 15) is 24.3 Å². The number of carboxylic acid groups (broad SMARTS) is 1. The first-order chi connectivity index (χ1) is 19.4. The second kappa shape index (κ2) is 16.1. The minimum atomic E-state index is -1.36. The zero-order valence-corrected chi connectivity index (χ0v) is 24.3. The Balaban J connectivity index is 1.90. The zero-order valence-electron chi connectivity index (χ0n) is 24.3. The topological polar surface area (TPSA) is 160 Å². The molecular weight excluding hydrogens is 524 g/mol. The Hall–Kier alpha value is -4.34. The molecule has 0 heterocycles. The minimum Gasteiger partial charge on any atom is -0.494 e. The van der Waals surface area contributed by atoms with Gasteiger partial charge in [0.15, 0.2) is 5.78 Å². The first-order valence-corrected chi connectivity index (χ1v) is 13.8. The lowest BCUT2D eigenvalue weighted by atomic mass is 10.0. The molecule has 2 amide bonds. The molecule has 0 aliphatic heterocycles. The van der Waals surface area contributed by atoms with Gasteiger partial charge >= 0.3 is 5.97 Å². The molecule has 0 spiro atoms. The number of nitrogens with one attached hydrogen (secondary N) is 3. The van der Waals surface area contributed by atoms with Crippen molar-refractivity contribution in [2.45, 2.75) is 65.8 Å². The van der Waals surface area contributed by atoms with Gasteiger partial charge in [-0.3, -0.25) is 14.4 Å². The maximum absolute atomic E-state index is 13.0. The number of rotatable bonds is 17. The number of unbranched alkanes of at least 4 members (excludes halogenated alkanes) is 1. The number of carboxylic acids is 1. The van der Waals surface area contributed by atoms with E-state index < -0.39 is 23.8 Å².